The molecule has 5 heteroatoms. The van der Waals surface area contributed by atoms with Crippen LogP contribution in [0.4, 0.5) is 5.82 Å². The summed E-state index contributed by atoms with van der Waals surface area (Å²) in [6.07, 6.45) is 10.9. The first-order valence-corrected chi connectivity index (χ1v) is 9.42. The molecule has 5 nitrogen and oxygen atoms in total. The van der Waals surface area contributed by atoms with Crippen LogP contribution in [-0.4, -0.2) is 47.0 Å². The Hall–Kier alpha value is -1.65. The molecule has 0 unspecified atom stereocenters. The highest BCUT2D eigenvalue weighted by atomic mass is 16.2. The summed E-state index contributed by atoms with van der Waals surface area (Å²) >= 11 is 0. The van der Waals surface area contributed by atoms with E-state index >= 15 is 0 Å². The monoisotopic (exact) mass is 330 g/mol. The number of aryl methyl sites for hydroxylation is 1. The van der Waals surface area contributed by atoms with E-state index in [1.54, 1.807) is 6.33 Å². The summed E-state index contributed by atoms with van der Waals surface area (Å²) in [6, 6.07) is 2.48. The maximum Gasteiger partial charge on any atom is 0.222 e. The summed E-state index contributed by atoms with van der Waals surface area (Å²) in [4.78, 5) is 25.4. The average Bonchev–Trinajstić information content (AvgIpc) is 2.62. The molecule has 1 saturated heterocycles. The van der Waals surface area contributed by atoms with E-state index in [2.05, 4.69) is 26.8 Å². The second-order valence-corrected chi connectivity index (χ2v) is 7.45. The summed E-state index contributed by atoms with van der Waals surface area (Å²) < 4.78 is 0. The van der Waals surface area contributed by atoms with Crippen molar-refractivity contribution in [2.45, 2.75) is 64.3 Å². The van der Waals surface area contributed by atoms with Gasteiger partial charge in [-0.05, 0) is 38.5 Å². The lowest BCUT2D eigenvalue weighted by atomic mass is 9.86. The van der Waals surface area contributed by atoms with Gasteiger partial charge < -0.3 is 9.80 Å². The summed E-state index contributed by atoms with van der Waals surface area (Å²) in [6.45, 7) is 3.75. The van der Waals surface area contributed by atoms with Gasteiger partial charge in [0.2, 0.25) is 5.91 Å². The molecular formula is C19H30N4O. The number of aromatic nitrogens is 2. The van der Waals surface area contributed by atoms with Gasteiger partial charge in [-0.1, -0.05) is 19.3 Å². The summed E-state index contributed by atoms with van der Waals surface area (Å²) in [7, 11) is 2.10. The Balaban J connectivity index is 1.49. The highest BCUT2D eigenvalue weighted by molar-refractivity contribution is 5.76. The first-order valence-electron chi connectivity index (χ1n) is 9.42. The molecule has 1 aliphatic heterocycles. The predicted octanol–water partition coefficient (Wildman–Crippen LogP) is 3.18. The van der Waals surface area contributed by atoms with Crippen LogP contribution in [0.5, 0.6) is 0 Å². The fourth-order valence-corrected chi connectivity index (χ4v) is 4.09. The number of likely N-dealkylation sites (tertiary alicyclic amines) is 1. The molecule has 0 radical (unpaired) electrons. The van der Waals surface area contributed by atoms with E-state index in [-0.39, 0.29) is 0 Å². The maximum atomic E-state index is 12.5. The molecule has 24 heavy (non-hydrogen) atoms. The zero-order valence-corrected chi connectivity index (χ0v) is 15.1. The number of carbonyl (C=O) groups excluding carboxylic acids is 1. The lowest BCUT2D eigenvalue weighted by Gasteiger charge is -2.38. The van der Waals surface area contributed by atoms with Crippen LogP contribution in [0.15, 0.2) is 12.4 Å². The smallest absolute Gasteiger partial charge is 0.222 e. The van der Waals surface area contributed by atoms with Crippen molar-refractivity contribution in [1.29, 1.82) is 0 Å². The summed E-state index contributed by atoms with van der Waals surface area (Å²) in [5, 5.41) is 0. The van der Waals surface area contributed by atoms with Gasteiger partial charge in [-0.2, -0.15) is 0 Å². The van der Waals surface area contributed by atoms with Gasteiger partial charge in [0.1, 0.15) is 12.1 Å². The van der Waals surface area contributed by atoms with E-state index in [9.17, 15) is 4.79 Å². The van der Waals surface area contributed by atoms with E-state index in [4.69, 9.17) is 0 Å². The maximum absolute atomic E-state index is 12.5. The van der Waals surface area contributed by atoms with Gasteiger partial charge in [-0.15, -0.1) is 0 Å². The Bertz CT molecular complexity index is 548. The molecule has 0 atom stereocenters. The van der Waals surface area contributed by atoms with Gasteiger partial charge in [-0.3, -0.25) is 4.79 Å². The first-order chi connectivity index (χ1) is 11.6. The number of anilines is 1. The fraction of sp³-hybridized carbons (Fsp3) is 0.737. The molecule has 2 aliphatic rings. The molecule has 0 N–H and O–H groups in total. The van der Waals surface area contributed by atoms with Gasteiger partial charge in [0.15, 0.2) is 0 Å². The summed E-state index contributed by atoms with van der Waals surface area (Å²) in [5.41, 5.74) is 0.993. The molecule has 0 aromatic carbocycles. The Morgan fingerprint density at radius 2 is 1.88 bits per heavy atom. The molecule has 132 valence electrons. The Morgan fingerprint density at radius 1 is 1.17 bits per heavy atom. The molecule has 2 fully saturated rings. The first kappa shape index (κ1) is 17.2. The quantitative estimate of drug-likeness (QED) is 0.851. The zero-order chi connectivity index (χ0) is 16.9. The third kappa shape index (κ3) is 4.25. The van der Waals surface area contributed by atoms with Crippen LogP contribution in [-0.2, 0) is 4.79 Å². The second-order valence-electron chi connectivity index (χ2n) is 7.45. The summed E-state index contributed by atoms with van der Waals surface area (Å²) in [5.74, 6) is 1.99. The van der Waals surface area contributed by atoms with Crippen molar-refractivity contribution in [3.63, 3.8) is 0 Å². The molecule has 0 bridgehead atoms. The molecular weight excluding hydrogens is 300 g/mol. The minimum atomic E-state index is 0.376. The number of hydrogen-bond acceptors (Lipinski definition) is 4. The van der Waals surface area contributed by atoms with E-state index in [0.29, 0.717) is 17.9 Å². The lowest BCUT2D eigenvalue weighted by molar-refractivity contribution is -0.133. The minimum absolute atomic E-state index is 0.376. The normalized spacial score (nSPS) is 20.2. The van der Waals surface area contributed by atoms with Crippen molar-refractivity contribution in [1.82, 2.24) is 14.9 Å². The van der Waals surface area contributed by atoms with Gasteiger partial charge in [0, 0.05) is 44.4 Å². The number of carbonyl (C=O) groups is 1. The number of rotatable bonds is 4. The second kappa shape index (κ2) is 7.95. The van der Waals surface area contributed by atoms with Crippen LogP contribution < -0.4 is 4.90 Å². The standard InChI is InChI=1S/C19H30N4O/c1-15-12-18(21-14-20-15)22(2)17-8-10-23(11-9-17)19(24)13-16-6-4-3-5-7-16/h12,14,16-17H,3-11,13H2,1-2H3. The molecule has 1 amide bonds. The molecule has 1 saturated carbocycles. The topological polar surface area (TPSA) is 49.3 Å². The lowest BCUT2D eigenvalue weighted by Crippen LogP contribution is -2.46. The van der Waals surface area contributed by atoms with E-state index < -0.39 is 0 Å². The van der Waals surface area contributed by atoms with Crippen molar-refractivity contribution >= 4 is 11.7 Å². The Labute approximate surface area is 145 Å². The van der Waals surface area contributed by atoms with Crippen LogP contribution in [0.1, 0.15) is 57.1 Å². The van der Waals surface area contributed by atoms with Crippen LogP contribution >= 0.6 is 0 Å². The molecule has 1 aliphatic carbocycles. The van der Waals surface area contributed by atoms with Gasteiger partial charge in [0.25, 0.3) is 0 Å². The number of piperidine rings is 1. The third-order valence-corrected chi connectivity index (χ3v) is 5.70. The molecule has 0 spiro atoms. The van der Waals surface area contributed by atoms with E-state index in [1.165, 1.54) is 32.1 Å². The molecule has 2 heterocycles. The SMILES string of the molecule is Cc1cc(N(C)C2CCN(C(=O)CC3CCCCC3)CC2)ncn1. The van der Waals surface area contributed by atoms with Gasteiger partial charge in [-0.25, -0.2) is 9.97 Å². The van der Waals surface area contributed by atoms with Crippen molar-refractivity contribution in [2.24, 2.45) is 5.92 Å². The number of nitrogens with zero attached hydrogens (tertiary/aromatic N) is 4. The Morgan fingerprint density at radius 3 is 2.54 bits per heavy atom. The van der Waals surface area contributed by atoms with Crippen molar-refractivity contribution in [2.75, 3.05) is 25.0 Å². The van der Waals surface area contributed by atoms with Crippen LogP contribution in [0.3, 0.4) is 0 Å². The number of amides is 1. The van der Waals surface area contributed by atoms with E-state index in [0.717, 1.165) is 43.9 Å². The van der Waals surface area contributed by atoms with Gasteiger partial charge in [0.05, 0.1) is 0 Å². The predicted molar refractivity (Wildman–Crippen MR) is 96.0 cm³/mol. The zero-order valence-electron chi connectivity index (χ0n) is 15.1. The van der Waals surface area contributed by atoms with Crippen LogP contribution in [0.2, 0.25) is 0 Å². The highest BCUT2D eigenvalue weighted by Crippen LogP contribution is 2.28. The Kier molecular flexibility index (Phi) is 5.69. The fourth-order valence-electron chi connectivity index (χ4n) is 4.09. The molecule has 1 aromatic rings. The minimum Gasteiger partial charge on any atom is -0.356 e. The average molecular weight is 330 g/mol. The van der Waals surface area contributed by atoms with Crippen LogP contribution in [0.25, 0.3) is 0 Å². The van der Waals surface area contributed by atoms with E-state index in [1.807, 2.05) is 13.0 Å². The number of hydrogen-bond donors (Lipinski definition) is 0. The third-order valence-electron chi connectivity index (χ3n) is 5.70. The largest absolute Gasteiger partial charge is 0.356 e. The highest BCUT2D eigenvalue weighted by Gasteiger charge is 2.27. The van der Waals surface area contributed by atoms with Crippen molar-refractivity contribution in [3.8, 4) is 0 Å². The molecule has 3 rings (SSSR count). The van der Waals surface area contributed by atoms with Crippen LogP contribution in [0, 0.1) is 12.8 Å². The van der Waals surface area contributed by atoms with Crippen molar-refractivity contribution < 1.29 is 4.79 Å². The molecule has 1 aromatic heterocycles. The van der Waals surface area contributed by atoms with Gasteiger partial charge >= 0.3 is 0 Å². The van der Waals surface area contributed by atoms with Crippen molar-refractivity contribution in [3.05, 3.63) is 18.1 Å².